The minimum Gasteiger partial charge on any atom is -0.353 e. The Balaban J connectivity index is 0.00000108. The van der Waals surface area contributed by atoms with Gasteiger partial charge in [-0.05, 0) is 43.9 Å². The number of hydrogen-bond acceptors (Lipinski definition) is 2. The molecule has 3 nitrogen and oxygen atoms in total. The summed E-state index contributed by atoms with van der Waals surface area (Å²) >= 11 is 0. The molecule has 3 rings (SSSR count). The highest BCUT2D eigenvalue weighted by Crippen LogP contribution is 2.47. The first-order valence-electron chi connectivity index (χ1n) is 6.81. The Bertz CT molecular complexity index is 289. The van der Waals surface area contributed by atoms with Crippen molar-refractivity contribution in [2.45, 2.75) is 57.0 Å². The third kappa shape index (κ3) is 2.32. The normalized spacial score (nSPS) is 40.3. The Morgan fingerprint density at radius 1 is 1.06 bits per heavy atom. The van der Waals surface area contributed by atoms with E-state index in [0.29, 0.717) is 17.9 Å². The van der Waals surface area contributed by atoms with E-state index in [-0.39, 0.29) is 30.3 Å². The summed E-state index contributed by atoms with van der Waals surface area (Å²) in [4.78, 5) is 12.2. The highest BCUT2D eigenvalue weighted by molar-refractivity contribution is 5.85. The van der Waals surface area contributed by atoms with E-state index in [2.05, 4.69) is 5.32 Å². The number of fused-ring (bicyclic) bond motifs is 2. The van der Waals surface area contributed by atoms with Gasteiger partial charge in [0, 0.05) is 12.1 Å². The molecule has 3 aliphatic carbocycles. The fraction of sp³-hybridized carbons (Fsp3) is 0.923. The molecule has 0 heterocycles. The molecule has 0 spiro atoms. The Kier molecular flexibility index (Phi) is 3.99. The number of amides is 1. The topological polar surface area (TPSA) is 55.1 Å². The smallest absolute Gasteiger partial charge is 0.225 e. The molecular weight excluding hydrogens is 236 g/mol. The van der Waals surface area contributed by atoms with Gasteiger partial charge in [0.25, 0.3) is 0 Å². The first-order chi connectivity index (χ1) is 7.75. The van der Waals surface area contributed by atoms with Crippen LogP contribution >= 0.6 is 12.4 Å². The molecule has 98 valence electrons. The molecule has 0 aromatic rings. The lowest BCUT2D eigenvalue weighted by Gasteiger charge is -2.28. The first kappa shape index (κ1) is 13.2. The highest BCUT2D eigenvalue weighted by Gasteiger charge is 2.49. The molecule has 17 heavy (non-hydrogen) atoms. The number of carbonyl (C=O) groups is 1. The first-order valence-corrected chi connectivity index (χ1v) is 6.81. The molecule has 2 bridgehead atoms. The van der Waals surface area contributed by atoms with Crippen LogP contribution in [0.2, 0.25) is 0 Å². The van der Waals surface area contributed by atoms with Gasteiger partial charge in [0.15, 0.2) is 0 Å². The third-order valence-electron chi connectivity index (χ3n) is 4.98. The molecule has 0 aromatic heterocycles. The average Bonchev–Trinajstić information content (AvgIpc) is 2.92. The molecule has 4 heteroatoms. The van der Waals surface area contributed by atoms with Crippen molar-refractivity contribution >= 4 is 18.3 Å². The van der Waals surface area contributed by atoms with Crippen molar-refractivity contribution in [3.63, 3.8) is 0 Å². The molecule has 0 aromatic carbocycles. The van der Waals surface area contributed by atoms with Gasteiger partial charge in [-0.15, -0.1) is 12.4 Å². The number of nitrogens with one attached hydrogen (secondary N) is 1. The van der Waals surface area contributed by atoms with Gasteiger partial charge in [0.05, 0.1) is 5.92 Å². The van der Waals surface area contributed by atoms with Crippen molar-refractivity contribution in [1.29, 1.82) is 0 Å². The van der Waals surface area contributed by atoms with Crippen molar-refractivity contribution in [3.05, 3.63) is 0 Å². The lowest BCUT2D eigenvalue weighted by atomic mass is 9.84. The summed E-state index contributed by atoms with van der Waals surface area (Å²) < 4.78 is 0. The summed E-state index contributed by atoms with van der Waals surface area (Å²) in [6.45, 7) is 0. The maximum absolute atomic E-state index is 12.2. The fourth-order valence-electron chi connectivity index (χ4n) is 4.09. The van der Waals surface area contributed by atoms with Gasteiger partial charge in [0.2, 0.25) is 5.91 Å². The summed E-state index contributed by atoms with van der Waals surface area (Å²) in [5.74, 6) is 1.59. The minimum atomic E-state index is 0. The Hall–Kier alpha value is -0.280. The third-order valence-corrected chi connectivity index (χ3v) is 4.98. The Morgan fingerprint density at radius 3 is 2.29 bits per heavy atom. The monoisotopic (exact) mass is 258 g/mol. The molecule has 0 saturated heterocycles. The number of halogens is 1. The molecule has 0 radical (unpaired) electrons. The van der Waals surface area contributed by atoms with Gasteiger partial charge in [-0.2, -0.15) is 0 Å². The van der Waals surface area contributed by atoms with E-state index >= 15 is 0 Å². The van der Waals surface area contributed by atoms with Crippen molar-refractivity contribution in [2.24, 2.45) is 23.5 Å². The van der Waals surface area contributed by atoms with E-state index in [0.717, 1.165) is 0 Å². The summed E-state index contributed by atoms with van der Waals surface area (Å²) in [5, 5.41) is 3.22. The van der Waals surface area contributed by atoms with Crippen LogP contribution < -0.4 is 11.1 Å². The lowest BCUT2D eigenvalue weighted by Crippen LogP contribution is -2.47. The van der Waals surface area contributed by atoms with Crippen LogP contribution in [0.15, 0.2) is 0 Å². The van der Waals surface area contributed by atoms with E-state index in [9.17, 15) is 4.79 Å². The number of carbonyl (C=O) groups excluding carboxylic acids is 1. The molecule has 3 aliphatic rings. The lowest BCUT2D eigenvalue weighted by molar-refractivity contribution is -0.127. The second kappa shape index (κ2) is 5.15. The summed E-state index contributed by atoms with van der Waals surface area (Å²) in [5.41, 5.74) is 6.18. The summed E-state index contributed by atoms with van der Waals surface area (Å²) in [6.07, 6.45) is 8.55. The Morgan fingerprint density at radius 2 is 1.71 bits per heavy atom. The molecule has 3 N–H and O–H groups in total. The molecule has 4 atom stereocenters. The van der Waals surface area contributed by atoms with Gasteiger partial charge in [-0.1, -0.05) is 12.8 Å². The SMILES string of the molecule is Cl.NC1C2CCC(C2)C1C(=O)NC1CCCC1. The van der Waals surface area contributed by atoms with Crippen molar-refractivity contribution in [2.75, 3.05) is 0 Å². The van der Waals surface area contributed by atoms with Crippen molar-refractivity contribution in [3.8, 4) is 0 Å². The molecule has 1 amide bonds. The molecular formula is C13H23ClN2O. The molecule has 3 fully saturated rings. The maximum atomic E-state index is 12.2. The Labute approximate surface area is 109 Å². The van der Waals surface area contributed by atoms with Gasteiger partial charge in [-0.25, -0.2) is 0 Å². The van der Waals surface area contributed by atoms with Gasteiger partial charge < -0.3 is 11.1 Å². The van der Waals surface area contributed by atoms with E-state index in [1.807, 2.05) is 0 Å². The number of nitrogens with two attached hydrogens (primary N) is 1. The summed E-state index contributed by atoms with van der Waals surface area (Å²) in [6, 6.07) is 0.582. The number of rotatable bonds is 2. The second-order valence-electron chi connectivity index (χ2n) is 5.93. The van der Waals surface area contributed by atoms with Gasteiger partial charge in [-0.3, -0.25) is 4.79 Å². The highest BCUT2D eigenvalue weighted by atomic mass is 35.5. The molecule has 0 aliphatic heterocycles. The van der Waals surface area contributed by atoms with E-state index < -0.39 is 0 Å². The number of hydrogen-bond donors (Lipinski definition) is 2. The molecule has 4 unspecified atom stereocenters. The van der Waals surface area contributed by atoms with Crippen LogP contribution in [-0.2, 0) is 4.79 Å². The largest absolute Gasteiger partial charge is 0.353 e. The quantitative estimate of drug-likeness (QED) is 0.794. The van der Waals surface area contributed by atoms with Crippen LogP contribution in [0.25, 0.3) is 0 Å². The van der Waals surface area contributed by atoms with E-state index in [1.54, 1.807) is 0 Å². The fourth-order valence-corrected chi connectivity index (χ4v) is 4.09. The average molecular weight is 259 g/mol. The van der Waals surface area contributed by atoms with Gasteiger partial charge >= 0.3 is 0 Å². The van der Waals surface area contributed by atoms with Crippen molar-refractivity contribution < 1.29 is 4.79 Å². The van der Waals surface area contributed by atoms with Crippen LogP contribution in [0.4, 0.5) is 0 Å². The van der Waals surface area contributed by atoms with Crippen LogP contribution in [0, 0.1) is 17.8 Å². The van der Waals surface area contributed by atoms with Crippen LogP contribution in [0.5, 0.6) is 0 Å². The van der Waals surface area contributed by atoms with Crippen LogP contribution in [0.1, 0.15) is 44.9 Å². The van der Waals surface area contributed by atoms with Crippen LogP contribution in [0.3, 0.4) is 0 Å². The van der Waals surface area contributed by atoms with Gasteiger partial charge in [0.1, 0.15) is 0 Å². The minimum absolute atomic E-state index is 0. The second-order valence-corrected chi connectivity index (χ2v) is 5.93. The zero-order chi connectivity index (χ0) is 11.1. The van der Waals surface area contributed by atoms with Crippen molar-refractivity contribution in [1.82, 2.24) is 5.32 Å². The zero-order valence-electron chi connectivity index (χ0n) is 10.2. The maximum Gasteiger partial charge on any atom is 0.225 e. The van der Waals surface area contributed by atoms with E-state index in [1.165, 1.54) is 44.9 Å². The molecule has 3 saturated carbocycles. The predicted molar refractivity (Wildman–Crippen MR) is 69.9 cm³/mol. The summed E-state index contributed by atoms with van der Waals surface area (Å²) in [7, 11) is 0. The predicted octanol–water partition coefficient (Wildman–Crippen LogP) is 1.84. The standard InChI is InChI=1S/C13H22N2O.ClH/c14-12-9-6-5-8(7-9)11(12)13(16)15-10-3-1-2-4-10;/h8-12H,1-7,14H2,(H,15,16);1H. The zero-order valence-corrected chi connectivity index (χ0v) is 11.0. The van der Waals surface area contributed by atoms with Crippen LogP contribution in [-0.4, -0.2) is 18.0 Å². The van der Waals surface area contributed by atoms with E-state index in [4.69, 9.17) is 5.73 Å².